The van der Waals surface area contributed by atoms with Crippen molar-refractivity contribution < 1.29 is 19.1 Å². The Bertz CT molecular complexity index is 1110. The fraction of sp³-hybridized carbons (Fsp3) is 0.182. The molecular formula is C22H22BrN3O4. The molecule has 8 heteroatoms. The number of aromatic nitrogens is 1. The van der Waals surface area contributed by atoms with Gasteiger partial charge in [-0.2, -0.15) is 0 Å². The molecule has 0 aliphatic heterocycles. The minimum Gasteiger partial charge on any atom is -0.493 e. The van der Waals surface area contributed by atoms with E-state index in [1.165, 1.54) is 7.11 Å². The molecule has 156 valence electrons. The molecule has 2 aromatic carbocycles. The van der Waals surface area contributed by atoms with E-state index in [-0.39, 0.29) is 12.5 Å². The van der Waals surface area contributed by atoms with Crippen LogP contribution in [0.1, 0.15) is 21.7 Å². The number of hydrogen-bond donors (Lipinski definition) is 2. The molecule has 1 heterocycles. The highest BCUT2D eigenvalue weighted by molar-refractivity contribution is 9.10. The molecule has 0 spiro atoms. The number of nitrogens with zero attached hydrogens (tertiary/aromatic N) is 1. The van der Waals surface area contributed by atoms with Crippen LogP contribution in [-0.4, -0.2) is 30.1 Å². The molecule has 3 N–H and O–H groups in total. The Balaban J connectivity index is 1.87. The van der Waals surface area contributed by atoms with E-state index in [0.29, 0.717) is 22.7 Å². The molecule has 7 nitrogen and oxygen atoms in total. The molecule has 3 rings (SSSR count). The second kappa shape index (κ2) is 9.04. The fourth-order valence-corrected chi connectivity index (χ4v) is 3.61. The van der Waals surface area contributed by atoms with Crippen LogP contribution in [0, 0.1) is 13.8 Å². The SMILES string of the molecule is COc1ccc(NC(=O)c2cc(C)n(-c3cccc(Br)c3)c2C)cc1OCC(N)=O. The molecule has 3 aromatic rings. The van der Waals surface area contributed by atoms with Crippen LogP contribution in [0.15, 0.2) is 53.0 Å². The van der Waals surface area contributed by atoms with Crippen LogP contribution >= 0.6 is 15.9 Å². The molecule has 2 amide bonds. The Hall–Kier alpha value is -3.26. The van der Waals surface area contributed by atoms with Gasteiger partial charge in [-0.05, 0) is 50.2 Å². The van der Waals surface area contributed by atoms with Crippen molar-refractivity contribution in [1.29, 1.82) is 0 Å². The summed E-state index contributed by atoms with van der Waals surface area (Å²) >= 11 is 3.48. The summed E-state index contributed by atoms with van der Waals surface area (Å²) in [4.78, 5) is 24.0. The molecule has 0 saturated carbocycles. The van der Waals surface area contributed by atoms with Crippen molar-refractivity contribution in [2.45, 2.75) is 13.8 Å². The largest absolute Gasteiger partial charge is 0.493 e. The lowest BCUT2D eigenvalue weighted by Gasteiger charge is -2.13. The van der Waals surface area contributed by atoms with Gasteiger partial charge in [0, 0.05) is 33.3 Å². The summed E-state index contributed by atoms with van der Waals surface area (Å²) in [6, 6.07) is 14.7. The third-order valence-corrected chi connectivity index (χ3v) is 5.03. The van der Waals surface area contributed by atoms with Crippen molar-refractivity contribution in [3.63, 3.8) is 0 Å². The minimum atomic E-state index is -0.605. The van der Waals surface area contributed by atoms with Gasteiger partial charge in [0.1, 0.15) is 0 Å². The second-order valence-electron chi connectivity index (χ2n) is 6.67. The molecule has 0 saturated heterocycles. The number of hydrogen-bond acceptors (Lipinski definition) is 4. The molecule has 0 aliphatic carbocycles. The number of carbonyl (C=O) groups excluding carboxylic acids is 2. The summed E-state index contributed by atoms with van der Waals surface area (Å²) in [5.74, 6) is -0.113. The number of ether oxygens (including phenoxy) is 2. The summed E-state index contributed by atoms with van der Waals surface area (Å²) < 4.78 is 13.6. The van der Waals surface area contributed by atoms with Gasteiger partial charge in [-0.25, -0.2) is 0 Å². The van der Waals surface area contributed by atoms with Gasteiger partial charge in [0.15, 0.2) is 18.1 Å². The smallest absolute Gasteiger partial charge is 0.257 e. The molecule has 0 aliphatic rings. The molecule has 0 bridgehead atoms. The Morgan fingerprint density at radius 2 is 1.87 bits per heavy atom. The van der Waals surface area contributed by atoms with E-state index in [1.807, 2.05) is 48.7 Å². The monoisotopic (exact) mass is 471 g/mol. The number of carbonyl (C=O) groups is 2. The predicted octanol–water partition coefficient (Wildman–Crippen LogP) is 3.98. The summed E-state index contributed by atoms with van der Waals surface area (Å²) in [5, 5.41) is 2.87. The van der Waals surface area contributed by atoms with Crippen LogP contribution in [0.4, 0.5) is 5.69 Å². The highest BCUT2D eigenvalue weighted by atomic mass is 79.9. The molecular weight excluding hydrogens is 450 g/mol. The van der Waals surface area contributed by atoms with Crippen LogP contribution in [0.2, 0.25) is 0 Å². The summed E-state index contributed by atoms with van der Waals surface area (Å²) in [5.41, 5.74) is 8.93. The first kappa shape index (κ1) is 21.4. The third kappa shape index (κ3) is 4.65. The van der Waals surface area contributed by atoms with E-state index in [0.717, 1.165) is 21.5 Å². The van der Waals surface area contributed by atoms with Gasteiger partial charge in [-0.1, -0.05) is 22.0 Å². The van der Waals surface area contributed by atoms with Gasteiger partial charge in [0.25, 0.3) is 11.8 Å². The molecule has 0 unspecified atom stereocenters. The Morgan fingerprint density at radius 1 is 1.10 bits per heavy atom. The third-order valence-electron chi connectivity index (χ3n) is 4.53. The maximum Gasteiger partial charge on any atom is 0.257 e. The van der Waals surface area contributed by atoms with Gasteiger partial charge in [0.05, 0.1) is 12.7 Å². The fourth-order valence-electron chi connectivity index (χ4n) is 3.22. The standard InChI is InChI=1S/C22H22BrN3O4/c1-13-9-18(14(2)26(13)17-6-4-5-15(23)10-17)22(28)25-16-7-8-19(29-3)20(11-16)30-12-21(24)27/h4-11H,12H2,1-3H3,(H2,24,27)(H,25,28). The average Bonchev–Trinajstić information content (AvgIpc) is 3.00. The summed E-state index contributed by atoms with van der Waals surface area (Å²) in [6.45, 7) is 3.56. The van der Waals surface area contributed by atoms with Crippen molar-refractivity contribution in [1.82, 2.24) is 4.57 Å². The Labute approximate surface area is 182 Å². The van der Waals surface area contributed by atoms with E-state index < -0.39 is 5.91 Å². The number of nitrogens with two attached hydrogens (primary N) is 1. The number of primary amides is 1. The van der Waals surface area contributed by atoms with Crippen molar-refractivity contribution in [3.8, 4) is 17.2 Å². The lowest BCUT2D eigenvalue weighted by Crippen LogP contribution is -2.20. The summed E-state index contributed by atoms with van der Waals surface area (Å²) in [6.07, 6.45) is 0. The normalized spacial score (nSPS) is 10.5. The number of methoxy groups -OCH3 is 1. The predicted molar refractivity (Wildman–Crippen MR) is 119 cm³/mol. The summed E-state index contributed by atoms with van der Waals surface area (Å²) in [7, 11) is 1.49. The van der Waals surface area contributed by atoms with E-state index in [1.54, 1.807) is 18.2 Å². The highest BCUT2D eigenvalue weighted by Crippen LogP contribution is 2.31. The number of anilines is 1. The van der Waals surface area contributed by atoms with E-state index in [4.69, 9.17) is 15.2 Å². The number of halogens is 1. The first-order chi connectivity index (χ1) is 14.3. The topological polar surface area (TPSA) is 95.6 Å². The van der Waals surface area contributed by atoms with Gasteiger partial charge in [0.2, 0.25) is 0 Å². The van der Waals surface area contributed by atoms with Gasteiger partial charge < -0.3 is 25.1 Å². The van der Waals surface area contributed by atoms with Gasteiger partial charge in [-0.3, -0.25) is 9.59 Å². The molecule has 30 heavy (non-hydrogen) atoms. The maximum atomic E-state index is 13.0. The first-order valence-electron chi connectivity index (χ1n) is 9.15. The van der Waals surface area contributed by atoms with Gasteiger partial charge in [-0.15, -0.1) is 0 Å². The van der Waals surface area contributed by atoms with E-state index >= 15 is 0 Å². The van der Waals surface area contributed by atoms with Crippen LogP contribution < -0.4 is 20.5 Å². The molecule has 0 atom stereocenters. The maximum absolute atomic E-state index is 13.0. The second-order valence-corrected chi connectivity index (χ2v) is 7.59. The number of aryl methyl sites for hydroxylation is 1. The lowest BCUT2D eigenvalue weighted by atomic mass is 10.2. The number of benzene rings is 2. The first-order valence-corrected chi connectivity index (χ1v) is 9.95. The van der Waals surface area contributed by atoms with Crippen molar-refractivity contribution in [2.24, 2.45) is 5.73 Å². The zero-order valence-electron chi connectivity index (χ0n) is 16.9. The van der Waals surface area contributed by atoms with Crippen LogP contribution in [0.25, 0.3) is 5.69 Å². The Kier molecular flexibility index (Phi) is 6.47. The number of amides is 2. The molecule has 1 aromatic heterocycles. The van der Waals surface area contributed by atoms with E-state index in [2.05, 4.69) is 21.2 Å². The highest BCUT2D eigenvalue weighted by Gasteiger charge is 2.18. The van der Waals surface area contributed by atoms with Crippen LogP contribution in [0.5, 0.6) is 11.5 Å². The number of nitrogens with one attached hydrogen (secondary N) is 1. The molecule has 0 fully saturated rings. The number of rotatable bonds is 7. The Morgan fingerprint density at radius 3 is 2.53 bits per heavy atom. The van der Waals surface area contributed by atoms with Crippen molar-refractivity contribution >= 4 is 33.4 Å². The van der Waals surface area contributed by atoms with Crippen molar-refractivity contribution in [2.75, 3.05) is 19.0 Å². The van der Waals surface area contributed by atoms with Crippen molar-refractivity contribution in [3.05, 3.63) is 70.0 Å². The van der Waals surface area contributed by atoms with Crippen LogP contribution in [-0.2, 0) is 4.79 Å². The zero-order chi connectivity index (χ0) is 21.8. The quantitative estimate of drug-likeness (QED) is 0.544. The van der Waals surface area contributed by atoms with Gasteiger partial charge >= 0.3 is 0 Å². The van der Waals surface area contributed by atoms with Crippen LogP contribution in [0.3, 0.4) is 0 Å². The zero-order valence-corrected chi connectivity index (χ0v) is 18.4. The minimum absolute atomic E-state index is 0.254. The molecule has 0 radical (unpaired) electrons. The average molecular weight is 472 g/mol. The van der Waals surface area contributed by atoms with E-state index in [9.17, 15) is 9.59 Å². The lowest BCUT2D eigenvalue weighted by molar-refractivity contribution is -0.119.